The molecule has 0 radical (unpaired) electrons. The molecule has 1 aromatic heterocycles. The topological polar surface area (TPSA) is 61.3 Å². The zero-order valence-electron chi connectivity index (χ0n) is 17.2. The summed E-state index contributed by atoms with van der Waals surface area (Å²) in [5, 5.41) is 0. The van der Waals surface area contributed by atoms with Crippen LogP contribution in [-0.2, 0) is 16.0 Å². The fourth-order valence-corrected chi connectivity index (χ4v) is 2.96. The summed E-state index contributed by atoms with van der Waals surface area (Å²) in [5.74, 6) is 0.944. The molecule has 0 N–H and O–H groups in total. The Hall–Kier alpha value is -2.43. The molecule has 0 aliphatic carbocycles. The molecular weight excluding hydrogens is 352 g/mol. The summed E-state index contributed by atoms with van der Waals surface area (Å²) in [6.07, 6.45) is 14.0. The van der Waals surface area contributed by atoms with Gasteiger partial charge in [0, 0.05) is 18.0 Å². The van der Waals surface area contributed by atoms with Crippen LogP contribution in [0, 0.1) is 0 Å². The molecule has 0 aliphatic heterocycles. The molecule has 28 heavy (non-hydrogen) atoms. The third kappa shape index (κ3) is 8.07. The van der Waals surface area contributed by atoms with Crippen molar-refractivity contribution in [3.63, 3.8) is 0 Å². The quantitative estimate of drug-likeness (QED) is 0.343. The SMILES string of the molecule is CCCCCCCCCc1cnc(-c2ccc(OCC(=O)OCC)cc2)nc1. The van der Waals surface area contributed by atoms with Gasteiger partial charge in [0.25, 0.3) is 0 Å². The summed E-state index contributed by atoms with van der Waals surface area (Å²) < 4.78 is 10.2. The van der Waals surface area contributed by atoms with Gasteiger partial charge >= 0.3 is 5.97 Å². The van der Waals surface area contributed by atoms with Gasteiger partial charge in [-0.2, -0.15) is 0 Å². The van der Waals surface area contributed by atoms with Crippen molar-refractivity contribution in [3.8, 4) is 17.1 Å². The van der Waals surface area contributed by atoms with Gasteiger partial charge in [-0.05, 0) is 49.6 Å². The molecule has 0 fully saturated rings. The molecule has 1 heterocycles. The lowest BCUT2D eigenvalue weighted by Gasteiger charge is -2.07. The Balaban J connectivity index is 1.75. The van der Waals surface area contributed by atoms with E-state index in [1.165, 1.54) is 50.5 Å². The second-order valence-electron chi connectivity index (χ2n) is 6.90. The number of nitrogens with zero attached hydrogens (tertiary/aromatic N) is 2. The number of aryl methyl sites for hydroxylation is 1. The monoisotopic (exact) mass is 384 g/mol. The molecule has 0 saturated carbocycles. The molecule has 0 unspecified atom stereocenters. The van der Waals surface area contributed by atoms with Crippen molar-refractivity contribution in [1.29, 1.82) is 0 Å². The molecule has 0 spiro atoms. The van der Waals surface area contributed by atoms with Crippen molar-refractivity contribution >= 4 is 5.97 Å². The number of esters is 1. The second-order valence-corrected chi connectivity index (χ2v) is 6.90. The molecule has 2 aromatic rings. The van der Waals surface area contributed by atoms with E-state index in [9.17, 15) is 4.79 Å². The first kappa shape index (κ1) is 21.9. The van der Waals surface area contributed by atoms with Gasteiger partial charge in [0.1, 0.15) is 5.75 Å². The van der Waals surface area contributed by atoms with E-state index in [1.807, 2.05) is 36.7 Å². The van der Waals surface area contributed by atoms with Gasteiger partial charge in [-0.1, -0.05) is 45.4 Å². The van der Waals surface area contributed by atoms with Gasteiger partial charge in [0.15, 0.2) is 12.4 Å². The van der Waals surface area contributed by atoms with Gasteiger partial charge < -0.3 is 9.47 Å². The molecule has 1 aromatic carbocycles. The van der Waals surface area contributed by atoms with Gasteiger partial charge in [0.05, 0.1) is 6.61 Å². The molecule has 0 bridgehead atoms. The molecular formula is C23H32N2O3. The van der Waals surface area contributed by atoms with E-state index in [2.05, 4.69) is 16.9 Å². The first-order valence-corrected chi connectivity index (χ1v) is 10.4. The van der Waals surface area contributed by atoms with E-state index in [0.29, 0.717) is 18.2 Å². The summed E-state index contributed by atoms with van der Waals surface area (Å²) in [5.41, 5.74) is 2.11. The molecule has 5 heteroatoms. The number of ether oxygens (including phenoxy) is 2. The Morgan fingerprint density at radius 2 is 1.54 bits per heavy atom. The second kappa shape index (κ2) is 12.9. The third-order valence-electron chi connectivity index (χ3n) is 4.55. The maximum absolute atomic E-state index is 11.3. The Labute approximate surface area is 168 Å². The van der Waals surface area contributed by atoms with Crippen LogP contribution in [0.1, 0.15) is 64.4 Å². The number of hydrogen-bond acceptors (Lipinski definition) is 5. The number of rotatable bonds is 13. The smallest absolute Gasteiger partial charge is 0.344 e. The zero-order valence-corrected chi connectivity index (χ0v) is 17.2. The summed E-state index contributed by atoms with van der Waals surface area (Å²) in [7, 11) is 0. The normalized spacial score (nSPS) is 10.6. The predicted molar refractivity (Wildman–Crippen MR) is 111 cm³/mol. The first-order valence-electron chi connectivity index (χ1n) is 10.4. The van der Waals surface area contributed by atoms with E-state index < -0.39 is 0 Å². The van der Waals surface area contributed by atoms with Crippen LogP contribution in [0.3, 0.4) is 0 Å². The molecule has 0 amide bonds. The molecule has 0 saturated heterocycles. The fourth-order valence-electron chi connectivity index (χ4n) is 2.96. The Kier molecular flexibility index (Phi) is 10.0. The number of carbonyl (C=O) groups is 1. The van der Waals surface area contributed by atoms with Crippen LogP contribution in [0.25, 0.3) is 11.4 Å². The third-order valence-corrected chi connectivity index (χ3v) is 4.55. The van der Waals surface area contributed by atoms with Crippen molar-refractivity contribution in [2.75, 3.05) is 13.2 Å². The minimum atomic E-state index is -0.369. The van der Waals surface area contributed by atoms with E-state index in [0.717, 1.165) is 12.0 Å². The molecule has 152 valence electrons. The van der Waals surface area contributed by atoms with Crippen LogP contribution in [0.15, 0.2) is 36.7 Å². The van der Waals surface area contributed by atoms with Crippen molar-refractivity contribution in [2.24, 2.45) is 0 Å². The van der Waals surface area contributed by atoms with Gasteiger partial charge in [0.2, 0.25) is 0 Å². The van der Waals surface area contributed by atoms with Gasteiger partial charge in [-0.25, -0.2) is 14.8 Å². The largest absolute Gasteiger partial charge is 0.482 e. The average Bonchev–Trinajstić information content (AvgIpc) is 2.73. The minimum absolute atomic E-state index is 0.0863. The standard InChI is InChI=1S/C23H32N2O3/c1-3-5-6-7-8-9-10-11-19-16-24-23(25-17-19)20-12-14-21(15-13-20)28-18-22(26)27-4-2/h12-17H,3-11,18H2,1-2H3. The summed E-state index contributed by atoms with van der Waals surface area (Å²) in [6, 6.07) is 7.41. The Morgan fingerprint density at radius 3 is 2.18 bits per heavy atom. The van der Waals surface area contributed by atoms with E-state index in [-0.39, 0.29) is 12.6 Å². The Bertz CT molecular complexity index is 684. The maximum Gasteiger partial charge on any atom is 0.344 e. The lowest BCUT2D eigenvalue weighted by Crippen LogP contribution is -2.14. The highest BCUT2D eigenvalue weighted by atomic mass is 16.6. The number of carbonyl (C=O) groups excluding carboxylic acids is 1. The van der Waals surface area contributed by atoms with Crippen LogP contribution in [0.4, 0.5) is 0 Å². The highest BCUT2D eigenvalue weighted by molar-refractivity contribution is 5.71. The van der Waals surface area contributed by atoms with Crippen molar-refractivity contribution in [1.82, 2.24) is 9.97 Å². The molecule has 0 atom stereocenters. The number of benzene rings is 1. The molecule has 2 rings (SSSR count). The number of aromatic nitrogens is 2. The highest BCUT2D eigenvalue weighted by Crippen LogP contribution is 2.19. The minimum Gasteiger partial charge on any atom is -0.482 e. The zero-order chi connectivity index (χ0) is 20.0. The van der Waals surface area contributed by atoms with E-state index in [4.69, 9.17) is 9.47 Å². The maximum atomic E-state index is 11.3. The van der Waals surface area contributed by atoms with Crippen LogP contribution in [-0.4, -0.2) is 29.2 Å². The lowest BCUT2D eigenvalue weighted by molar-refractivity contribution is -0.145. The highest BCUT2D eigenvalue weighted by Gasteiger charge is 2.05. The van der Waals surface area contributed by atoms with Crippen LogP contribution >= 0.6 is 0 Å². The van der Waals surface area contributed by atoms with Crippen LogP contribution in [0.5, 0.6) is 5.75 Å². The average molecular weight is 385 g/mol. The van der Waals surface area contributed by atoms with E-state index in [1.54, 1.807) is 6.92 Å². The van der Waals surface area contributed by atoms with Crippen molar-refractivity contribution in [2.45, 2.75) is 65.2 Å². The van der Waals surface area contributed by atoms with Crippen LogP contribution < -0.4 is 4.74 Å². The number of unbranched alkanes of at least 4 members (excludes halogenated alkanes) is 6. The van der Waals surface area contributed by atoms with E-state index >= 15 is 0 Å². The van der Waals surface area contributed by atoms with Crippen LogP contribution in [0.2, 0.25) is 0 Å². The lowest BCUT2D eigenvalue weighted by atomic mass is 10.1. The fraction of sp³-hybridized carbons (Fsp3) is 0.522. The predicted octanol–water partition coefficient (Wildman–Crippen LogP) is 5.38. The van der Waals surface area contributed by atoms with Crippen molar-refractivity contribution < 1.29 is 14.3 Å². The molecule has 0 aliphatic rings. The number of hydrogen-bond donors (Lipinski definition) is 0. The summed E-state index contributed by atoms with van der Waals surface area (Å²) in [4.78, 5) is 20.3. The first-order chi connectivity index (χ1) is 13.7. The molecule has 5 nitrogen and oxygen atoms in total. The van der Waals surface area contributed by atoms with Gasteiger partial charge in [-0.3, -0.25) is 0 Å². The Morgan fingerprint density at radius 1 is 0.893 bits per heavy atom. The summed E-state index contributed by atoms with van der Waals surface area (Å²) in [6.45, 7) is 4.29. The van der Waals surface area contributed by atoms with Gasteiger partial charge in [-0.15, -0.1) is 0 Å². The van der Waals surface area contributed by atoms with Crippen molar-refractivity contribution in [3.05, 3.63) is 42.2 Å². The summed E-state index contributed by atoms with van der Waals surface area (Å²) >= 11 is 0.